The summed E-state index contributed by atoms with van der Waals surface area (Å²) in [6.45, 7) is 16.7. The van der Waals surface area contributed by atoms with E-state index in [2.05, 4.69) is 55.5 Å². The molecule has 1 aliphatic rings. The minimum Gasteiger partial charge on any atom is -0.350 e. The molecule has 162 valence electrons. The number of hydrogen-bond acceptors (Lipinski definition) is 4. The molecule has 5 heteroatoms. The molecule has 30 heavy (non-hydrogen) atoms. The lowest BCUT2D eigenvalue weighted by Crippen LogP contribution is -2.41. The van der Waals surface area contributed by atoms with Gasteiger partial charge in [-0.25, -0.2) is 9.97 Å². The average molecular weight is 408 g/mol. The standard InChI is InChI=1S/C23H31N5.C2H6/c1-6-8-18(9-7-2)27-12-13-28-22-21(24-17(5)25-23(22)27)20(26-28)19-11-10-15(3)14-16(19)4;1-2/h10-11,14,18H,6-9,12-13H2,1-5H3;1-2H3. The van der Waals surface area contributed by atoms with Crippen LogP contribution in [0.1, 0.15) is 70.3 Å². The van der Waals surface area contributed by atoms with Crippen LogP contribution in [0.4, 0.5) is 5.82 Å². The molecule has 1 aliphatic heterocycles. The molecule has 3 heterocycles. The third kappa shape index (κ3) is 4.07. The maximum absolute atomic E-state index is 5.00. The Balaban J connectivity index is 0.00000124. The van der Waals surface area contributed by atoms with Crippen molar-refractivity contribution >= 4 is 16.9 Å². The maximum Gasteiger partial charge on any atom is 0.158 e. The van der Waals surface area contributed by atoms with Gasteiger partial charge in [0.25, 0.3) is 0 Å². The smallest absolute Gasteiger partial charge is 0.158 e. The molecule has 2 aromatic heterocycles. The highest BCUT2D eigenvalue weighted by molar-refractivity contribution is 5.97. The van der Waals surface area contributed by atoms with Crippen molar-refractivity contribution in [3.63, 3.8) is 0 Å². The summed E-state index contributed by atoms with van der Waals surface area (Å²) in [4.78, 5) is 12.3. The lowest BCUT2D eigenvalue weighted by molar-refractivity contribution is 0.469. The van der Waals surface area contributed by atoms with Crippen molar-refractivity contribution in [2.24, 2.45) is 0 Å². The second-order valence-electron chi connectivity index (χ2n) is 8.11. The molecule has 0 saturated carbocycles. The van der Waals surface area contributed by atoms with E-state index >= 15 is 0 Å². The highest BCUT2D eigenvalue weighted by Crippen LogP contribution is 2.37. The summed E-state index contributed by atoms with van der Waals surface area (Å²) in [5.41, 5.74) is 6.77. The van der Waals surface area contributed by atoms with Crippen LogP contribution in [-0.4, -0.2) is 32.3 Å². The van der Waals surface area contributed by atoms with Gasteiger partial charge in [-0.05, 0) is 39.2 Å². The molecule has 5 nitrogen and oxygen atoms in total. The lowest BCUT2D eigenvalue weighted by Gasteiger charge is -2.35. The predicted molar refractivity (Wildman–Crippen MR) is 127 cm³/mol. The molecule has 0 fully saturated rings. The van der Waals surface area contributed by atoms with Gasteiger partial charge in [0.15, 0.2) is 5.82 Å². The van der Waals surface area contributed by atoms with Gasteiger partial charge in [0.05, 0.1) is 6.54 Å². The molecular weight excluding hydrogens is 370 g/mol. The summed E-state index contributed by atoms with van der Waals surface area (Å²) in [7, 11) is 0. The van der Waals surface area contributed by atoms with Gasteiger partial charge >= 0.3 is 0 Å². The molecule has 0 radical (unpaired) electrons. The number of anilines is 1. The largest absolute Gasteiger partial charge is 0.350 e. The van der Waals surface area contributed by atoms with Crippen LogP contribution in [0, 0.1) is 20.8 Å². The highest BCUT2D eigenvalue weighted by Gasteiger charge is 2.29. The second kappa shape index (κ2) is 9.59. The monoisotopic (exact) mass is 407 g/mol. The van der Waals surface area contributed by atoms with Gasteiger partial charge in [0.1, 0.15) is 22.6 Å². The van der Waals surface area contributed by atoms with E-state index in [4.69, 9.17) is 15.1 Å². The van der Waals surface area contributed by atoms with Crippen LogP contribution in [0.15, 0.2) is 18.2 Å². The first-order chi connectivity index (χ1) is 14.5. The van der Waals surface area contributed by atoms with Crippen LogP contribution in [0.3, 0.4) is 0 Å². The van der Waals surface area contributed by atoms with Crippen LogP contribution >= 0.6 is 0 Å². The fraction of sp³-hybridized carbons (Fsp3) is 0.560. The summed E-state index contributed by atoms with van der Waals surface area (Å²) < 4.78 is 2.13. The number of aromatic nitrogens is 4. The van der Waals surface area contributed by atoms with E-state index in [0.717, 1.165) is 41.5 Å². The summed E-state index contributed by atoms with van der Waals surface area (Å²) in [6, 6.07) is 7.10. The average Bonchev–Trinajstić information content (AvgIpc) is 3.09. The first-order valence-corrected chi connectivity index (χ1v) is 11.6. The summed E-state index contributed by atoms with van der Waals surface area (Å²) in [5.74, 6) is 1.90. The van der Waals surface area contributed by atoms with Crippen LogP contribution in [0.2, 0.25) is 0 Å². The minimum absolute atomic E-state index is 0.542. The van der Waals surface area contributed by atoms with E-state index in [0.29, 0.717) is 6.04 Å². The van der Waals surface area contributed by atoms with Crippen LogP contribution in [0.25, 0.3) is 22.3 Å². The van der Waals surface area contributed by atoms with Crippen molar-refractivity contribution in [2.75, 3.05) is 11.4 Å². The van der Waals surface area contributed by atoms with Gasteiger partial charge in [-0.15, -0.1) is 0 Å². The summed E-state index contributed by atoms with van der Waals surface area (Å²) >= 11 is 0. The maximum atomic E-state index is 5.00. The molecule has 0 saturated heterocycles. The van der Waals surface area contributed by atoms with Gasteiger partial charge in [-0.3, -0.25) is 4.68 Å². The molecular formula is C25H37N5. The fourth-order valence-electron chi connectivity index (χ4n) is 4.58. The third-order valence-electron chi connectivity index (χ3n) is 5.83. The van der Waals surface area contributed by atoms with Crippen molar-refractivity contribution in [3.05, 3.63) is 35.2 Å². The summed E-state index contributed by atoms with van der Waals surface area (Å²) in [6.07, 6.45) is 4.80. The van der Waals surface area contributed by atoms with Gasteiger partial charge in [-0.1, -0.05) is 64.3 Å². The van der Waals surface area contributed by atoms with Gasteiger partial charge in [-0.2, -0.15) is 5.10 Å². The van der Waals surface area contributed by atoms with Crippen molar-refractivity contribution in [1.29, 1.82) is 0 Å². The molecule has 0 bridgehead atoms. The number of aryl methyl sites for hydroxylation is 3. The van der Waals surface area contributed by atoms with E-state index in [-0.39, 0.29) is 0 Å². The Bertz CT molecular complexity index is 998. The molecule has 1 aromatic carbocycles. The van der Waals surface area contributed by atoms with Crippen molar-refractivity contribution in [1.82, 2.24) is 19.7 Å². The Kier molecular flexibility index (Phi) is 7.11. The van der Waals surface area contributed by atoms with E-state index in [9.17, 15) is 0 Å². The quantitative estimate of drug-likeness (QED) is 0.486. The molecule has 0 aliphatic carbocycles. The Labute approximate surface area is 181 Å². The van der Waals surface area contributed by atoms with Crippen LogP contribution in [0.5, 0.6) is 0 Å². The number of nitrogens with zero attached hydrogens (tertiary/aromatic N) is 5. The Morgan fingerprint density at radius 2 is 1.67 bits per heavy atom. The highest BCUT2D eigenvalue weighted by atomic mass is 15.4. The zero-order valence-electron chi connectivity index (χ0n) is 19.8. The van der Waals surface area contributed by atoms with E-state index in [1.165, 1.54) is 42.4 Å². The Hall–Kier alpha value is -2.43. The van der Waals surface area contributed by atoms with E-state index in [1.54, 1.807) is 0 Å². The molecule has 0 amide bonds. The Morgan fingerprint density at radius 3 is 2.30 bits per heavy atom. The normalized spacial score (nSPS) is 13.0. The van der Waals surface area contributed by atoms with Crippen molar-refractivity contribution < 1.29 is 0 Å². The zero-order valence-corrected chi connectivity index (χ0v) is 19.8. The third-order valence-corrected chi connectivity index (χ3v) is 5.83. The molecule has 0 N–H and O–H groups in total. The zero-order chi connectivity index (χ0) is 21.8. The van der Waals surface area contributed by atoms with Crippen molar-refractivity contribution in [2.45, 2.75) is 86.7 Å². The van der Waals surface area contributed by atoms with Gasteiger partial charge in [0, 0.05) is 18.2 Å². The molecule has 4 rings (SSSR count). The number of hydrogen-bond donors (Lipinski definition) is 0. The molecule has 0 atom stereocenters. The SMILES string of the molecule is CC.CCCC(CCC)N1CCn2nc(-c3ccc(C)cc3C)c3nc(C)nc1c32. The first-order valence-electron chi connectivity index (χ1n) is 11.6. The lowest BCUT2D eigenvalue weighted by atomic mass is 10.0. The van der Waals surface area contributed by atoms with Crippen LogP contribution in [-0.2, 0) is 6.54 Å². The number of benzene rings is 1. The van der Waals surface area contributed by atoms with Crippen molar-refractivity contribution in [3.8, 4) is 11.3 Å². The van der Waals surface area contributed by atoms with Gasteiger partial charge < -0.3 is 4.90 Å². The van der Waals surface area contributed by atoms with Gasteiger partial charge in [0.2, 0.25) is 0 Å². The number of rotatable bonds is 6. The van der Waals surface area contributed by atoms with E-state index in [1.807, 2.05) is 20.8 Å². The molecule has 0 spiro atoms. The summed E-state index contributed by atoms with van der Waals surface area (Å²) in [5, 5.41) is 5.00. The molecule has 3 aromatic rings. The predicted octanol–water partition coefficient (Wildman–Crippen LogP) is 6.23. The molecule has 0 unspecified atom stereocenters. The van der Waals surface area contributed by atoms with Crippen LogP contribution < -0.4 is 4.90 Å². The minimum atomic E-state index is 0.542. The topological polar surface area (TPSA) is 46.8 Å². The van der Waals surface area contributed by atoms with E-state index < -0.39 is 0 Å². The Morgan fingerprint density at radius 1 is 0.967 bits per heavy atom. The first kappa shape index (κ1) is 22.3. The fourth-order valence-corrected chi connectivity index (χ4v) is 4.58. The second-order valence-corrected chi connectivity index (χ2v) is 8.11.